The van der Waals surface area contributed by atoms with Gasteiger partial charge in [0.25, 0.3) is 0 Å². The standard InChI is InChI=1S/C60H42N2Si/c1-6-20-43(21-7-1)45-34-38-58(54(40-45)44-22-8-2-9-23-44)62-57-33-19-17-31-52(57)55-41-46(35-39-59(55)62)61-56-32-18-16-30-51(56)53-37-36-50(42-60(53)61)63(47-24-10-3-11-25-47,48-26-12-4-13-27-48)49-28-14-5-15-29-49/h1-42H. The molecule has 0 saturated carbocycles. The third kappa shape index (κ3) is 5.93. The predicted molar refractivity (Wildman–Crippen MR) is 270 cm³/mol. The van der Waals surface area contributed by atoms with Crippen LogP contribution in [0.1, 0.15) is 0 Å². The van der Waals surface area contributed by atoms with E-state index < -0.39 is 8.07 Å². The SMILES string of the molecule is c1ccc(-c2ccc(-n3c4ccccc4c4cc(-n5c6ccccc6c6ccc([Si](c7ccccc7)(c7ccccc7)c7ccccc7)cc65)ccc43)c(-c3ccccc3)c2)cc1. The van der Waals surface area contributed by atoms with E-state index in [1.807, 2.05) is 0 Å². The van der Waals surface area contributed by atoms with E-state index in [-0.39, 0.29) is 0 Å². The van der Waals surface area contributed by atoms with Gasteiger partial charge in [-0.1, -0.05) is 206 Å². The van der Waals surface area contributed by atoms with Gasteiger partial charge in [0, 0.05) is 32.8 Å². The molecule has 0 spiro atoms. The van der Waals surface area contributed by atoms with Crippen LogP contribution in [-0.2, 0) is 0 Å². The highest BCUT2D eigenvalue weighted by molar-refractivity contribution is 7.20. The molecule has 296 valence electrons. The van der Waals surface area contributed by atoms with Crippen LogP contribution in [0.15, 0.2) is 255 Å². The van der Waals surface area contributed by atoms with Gasteiger partial charge in [0.05, 0.1) is 27.8 Å². The molecule has 2 aromatic heterocycles. The zero-order chi connectivity index (χ0) is 41.7. The Balaban J connectivity index is 1.11. The van der Waals surface area contributed by atoms with Gasteiger partial charge in [-0.15, -0.1) is 0 Å². The van der Waals surface area contributed by atoms with Crippen LogP contribution < -0.4 is 20.7 Å². The number of benzene rings is 10. The van der Waals surface area contributed by atoms with E-state index in [1.165, 1.54) is 86.6 Å². The minimum atomic E-state index is -2.78. The molecule has 0 radical (unpaired) electrons. The first kappa shape index (κ1) is 36.8. The van der Waals surface area contributed by atoms with Gasteiger partial charge < -0.3 is 9.13 Å². The maximum atomic E-state index is 2.52. The molecule has 0 aliphatic rings. The highest BCUT2D eigenvalue weighted by Gasteiger charge is 2.41. The quantitative estimate of drug-likeness (QED) is 0.107. The van der Waals surface area contributed by atoms with Crippen molar-refractivity contribution in [3.63, 3.8) is 0 Å². The molecule has 0 bridgehead atoms. The lowest BCUT2D eigenvalue weighted by molar-refractivity contribution is 1.17. The summed E-state index contributed by atoms with van der Waals surface area (Å²) in [5.41, 5.74) is 11.9. The van der Waals surface area contributed by atoms with Crippen molar-refractivity contribution in [2.24, 2.45) is 0 Å². The third-order valence-corrected chi connectivity index (χ3v) is 17.8. The lowest BCUT2D eigenvalue weighted by Gasteiger charge is -2.34. The van der Waals surface area contributed by atoms with E-state index in [9.17, 15) is 0 Å². The maximum absolute atomic E-state index is 2.78. The molecule has 12 aromatic rings. The van der Waals surface area contributed by atoms with E-state index in [1.54, 1.807) is 0 Å². The highest BCUT2D eigenvalue weighted by atomic mass is 28.3. The fourth-order valence-electron chi connectivity index (χ4n) is 10.3. The first-order valence-electron chi connectivity index (χ1n) is 21.8. The Morgan fingerprint density at radius 3 is 1.33 bits per heavy atom. The van der Waals surface area contributed by atoms with Crippen LogP contribution >= 0.6 is 0 Å². The molecule has 0 fully saturated rings. The lowest BCUT2D eigenvalue weighted by atomic mass is 9.97. The van der Waals surface area contributed by atoms with E-state index in [0.717, 1.165) is 11.4 Å². The van der Waals surface area contributed by atoms with Crippen molar-refractivity contribution >= 4 is 72.4 Å². The van der Waals surface area contributed by atoms with Crippen molar-refractivity contribution in [3.05, 3.63) is 255 Å². The zero-order valence-electron chi connectivity index (χ0n) is 34.6. The van der Waals surface area contributed by atoms with Crippen LogP contribution in [0.4, 0.5) is 0 Å². The topological polar surface area (TPSA) is 9.86 Å². The molecule has 0 amide bonds. The molecule has 0 saturated heterocycles. The minimum Gasteiger partial charge on any atom is -0.309 e. The molecule has 0 aliphatic heterocycles. The van der Waals surface area contributed by atoms with E-state index in [2.05, 4.69) is 264 Å². The molecule has 0 aliphatic carbocycles. The first-order chi connectivity index (χ1) is 31.3. The van der Waals surface area contributed by atoms with E-state index in [4.69, 9.17) is 0 Å². The average molecular weight is 819 g/mol. The maximum Gasteiger partial charge on any atom is 0.179 e. The number of hydrogen-bond donors (Lipinski definition) is 0. The largest absolute Gasteiger partial charge is 0.309 e. The van der Waals surface area contributed by atoms with E-state index in [0.29, 0.717) is 0 Å². The van der Waals surface area contributed by atoms with Crippen molar-refractivity contribution < 1.29 is 0 Å². The Bertz CT molecular complexity index is 3500. The summed E-state index contributed by atoms with van der Waals surface area (Å²) >= 11 is 0. The summed E-state index contributed by atoms with van der Waals surface area (Å²) in [4.78, 5) is 0. The number of hydrogen-bond acceptors (Lipinski definition) is 0. The van der Waals surface area contributed by atoms with Gasteiger partial charge in [0.1, 0.15) is 0 Å². The summed E-state index contributed by atoms with van der Waals surface area (Å²) in [6.45, 7) is 0. The van der Waals surface area contributed by atoms with Crippen molar-refractivity contribution in [1.29, 1.82) is 0 Å². The Kier molecular flexibility index (Phi) is 8.87. The van der Waals surface area contributed by atoms with Crippen molar-refractivity contribution in [3.8, 4) is 33.6 Å². The fourth-order valence-corrected chi connectivity index (χ4v) is 15.1. The van der Waals surface area contributed by atoms with Crippen LogP contribution in [-0.4, -0.2) is 17.2 Å². The summed E-state index contributed by atoms with van der Waals surface area (Å²) in [6, 6.07) is 94.2. The smallest absolute Gasteiger partial charge is 0.179 e. The number of para-hydroxylation sites is 2. The summed E-state index contributed by atoms with van der Waals surface area (Å²) in [6.07, 6.45) is 0. The molecule has 0 atom stereocenters. The summed E-state index contributed by atoms with van der Waals surface area (Å²) in [5.74, 6) is 0. The van der Waals surface area contributed by atoms with Gasteiger partial charge in [-0.3, -0.25) is 0 Å². The van der Waals surface area contributed by atoms with Crippen molar-refractivity contribution in [2.45, 2.75) is 0 Å². The Labute approximate surface area is 368 Å². The molecule has 2 nitrogen and oxygen atoms in total. The van der Waals surface area contributed by atoms with Crippen LogP contribution in [0.5, 0.6) is 0 Å². The van der Waals surface area contributed by atoms with Crippen LogP contribution in [0.2, 0.25) is 0 Å². The van der Waals surface area contributed by atoms with Gasteiger partial charge in [0.15, 0.2) is 8.07 Å². The molecule has 0 unspecified atom stereocenters. The van der Waals surface area contributed by atoms with Gasteiger partial charge in [-0.2, -0.15) is 0 Å². The molecule has 12 rings (SSSR count). The molecule has 10 aromatic carbocycles. The summed E-state index contributed by atoms with van der Waals surface area (Å²) in [5, 5.41) is 10.4. The Morgan fingerprint density at radius 1 is 0.254 bits per heavy atom. The Morgan fingerprint density at radius 2 is 0.730 bits per heavy atom. The number of rotatable bonds is 8. The molecule has 0 N–H and O–H groups in total. The molecule has 63 heavy (non-hydrogen) atoms. The van der Waals surface area contributed by atoms with Gasteiger partial charge in [-0.25, -0.2) is 0 Å². The number of nitrogens with zero attached hydrogens (tertiary/aromatic N) is 2. The van der Waals surface area contributed by atoms with Crippen molar-refractivity contribution in [2.75, 3.05) is 0 Å². The second kappa shape index (κ2) is 15.2. The Hall–Kier alpha value is -7.98. The lowest BCUT2D eigenvalue weighted by Crippen LogP contribution is -2.74. The summed E-state index contributed by atoms with van der Waals surface area (Å²) in [7, 11) is -2.78. The second-order valence-corrected chi connectivity index (χ2v) is 20.3. The monoisotopic (exact) mass is 818 g/mol. The molecular weight excluding hydrogens is 777 g/mol. The predicted octanol–water partition coefficient (Wildman–Crippen LogP) is 12.6. The third-order valence-electron chi connectivity index (χ3n) is 13.1. The van der Waals surface area contributed by atoms with Gasteiger partial charge >= 0.3 is 0 Å². The molecular formula is C60H42N2Si. The highest BCUT2D eigenvalue weighted by Crippen LogP contribution is 2.40. The van der Waals surface area contributed by atoms with Crippen LogP contribution in [0.25, 0.3) is 77.2 Å². The zero-order valence-corrected chi connectivity index (χ0v) is 35.6. The minimum absolute atomic E-state index is 1.14. The van der Waals surface area contributed by atoms with E-state index >= 15 is 0 Å². The van der Waals surface area contributed by atoms with Crippen LogP contribution in [0.3, 0.4) is 0 Å². The molecule has 3 heteroatoms. The van der Waals surface area contributed by atoms with Gasteiger partial charge in [0.2, 0.25) is 0 Å². The average Bonchev–Trinajstić information content (AvgIpc) is 3.88. The van der Waals surface area contributed by atoms with Crippen LogP contribution in [0, 0.1) is 0 Å². The molecule has 2 heterocycles. The number of aromatic nitrogens is 2. The normalized spacial score (nSPS) is 11.8. The van der Waals surface area contributed by atoms with Gasteiger partial charge in [-0.05, 0) is 86.0 Å². The fraction of sp³-hybridized carbons (Fsp3) is 0. The second-order valence-electron chi connectivity index (χ2n) is 16.5. The first-order valence-corrected chi connectivity index (χ1v) is 23.8. The number of fused-ring (bicyclic) bond motifs is 6. The summed E-state index contributed by atoms with van der Waals surface area (Å²) < 4.78 is 4.97. The van der Waals surface area contributed by atoms with Crippen molar-refractivity contribution in [1.82, 2.24) is 9.13 Å².